The fourth-order valence-corrected chi connectivity index (χ4v) is 3.57. The molecule has 4 nitrogen and oxygen atoms in total. The predicted octanol–water partition coefficient (Wildman–Crippen LogP) is 6.59. The quantitative estimate of drug-likeness (QED) is 0.446. The van der Waals surface area contributed by atoms with Crippen LogP contribution in [0.1, 0.15) is 23.5 Å². The molecule has 0 spiro atoms. The van der Waals surface area contributed by atoms with Crippen LogP contribution in [0.4, 0.5) is 5.69 Å². The van der Waals surface area contributed by atoms with E-state index in [1.54, 1.807) is 18.2 Å². The highest BCUT2D eigenvalue weighted by Gasteiger charge is 2.43. The first-order chi connectivity index (χ1) is 14.0. The molecule has 1 aliphatic rings. The smallest absolute Gasteiger partial charge is 0.307 e. The summed E-state index contributed by atoms with van der Waals surface area (Å²) in [6.07, 6.45) is 0.730. The second-order valence-corrected chi connectivity index (χ2v) is 7.90. The van der Waals surface area contributed by atoms with Gasteiger partial charge in [-0.3, -0.25) is 4.79 Å². The molecule has 0 heterocycles. The van der Waals surface area contributed by atoms with E-state index in [1.165, 1.54) is 0 Å². The molecule has 3 aromatic rings. The lowest BCUT2D eigenvalue weighted by molar-refractivity contribution is -0.138. The van der Waals surface area contributed by atoms with Gasteiger partial charge in [-0.2, -0.15) is 0 Å². The van der Waals surface area contributed by atoms with Gasteiger partial charge in [0.25, 0.3) is 0 Å². The van der Waals surface area contributed by atoms with Crippen LogP contribution in [0.5, 0.6) is 11.5 Å². The van der Waals surface area contributed by atoms with Crippen LogP contribution in [-0.4, -0.2) is 11.1 Å². The summed E-state index contributed by atoms with van der Waals surface area (Å²) in [5.74, 6) is 0.551. The summed E-state index contributed by atoms with van der Waals surface area (Å²) in [6, 6.07) is 20.9. The molecule has 0 radical (unpaired) electrons. The Morgan fingerprint density at radius 3 is 2.45 bits per heavy atom. The predicted molar refractivity (Wildman–Crippen MR) is 115 cm³/mol. The lowest BCUT2D eigenvalue weighted by Gasteiger charge is -2.10. The van der Waals surface area contributed by atoms with Crippen molar-refractivity contribution in [2.24, 2.45) is 5.92 Å². The monoisotopic (exact) mass is 427 g/mol. The first-order valence-electron chi connectivity index (χ1n) is 9.28. The zero-order chi connectivity index (χ0) is 20.4. The molecule has 6 heteroatoms. The fraction of sp³-hybridized carbons (Fsp3) is 0.174. The number of carbonyl (C=O) groups is 1. The van der Waals surface area contributed by atoms with Gasteiger partial charge in [0.1, 0.15) is 11.5 Å². The lowest BCUT2D eigenvalue weighted by Crippen LogP contribution is -2.00. The van der Waals surface area contributed by atoms with E-state index < -0.39 is 5.97 Å². The van der Waals surface area contributed by atoms with Crippen molar-refractivity contribution in [3.05, 3.63) is 87.9 Å². The van der Waals surface area contributed by atoms with E-state index in [1.807, 2.05) is 48.5 Å². The number of carboxylic acids is 1. The molecule has 0 amide bonds. The van der Waals surface area contributed by atoms with Gasteiger partial charge in [-0.25, -0.2) is 0 Å². The fourth-order valence-electron chi connectivity index (χ4n) is 3.28. The number of hydrogen-bond acceptors (Lipinski definition) is 3. The Morgan fingerprint density at radius 1 is 1.00 bits per heavy atom. The highest BCUT2D eigenvalue weighted by molar-refractivity contribution is 6.42. The molecule has 0 saturated heterocycles. The standard InChI is InChI=1S/C23H19Cl2NO3/c24-21-9-8-18(11-22(21)25)29-17-3-1-2-14(10-17)13-26-16-6-4-15(5-7-16)19-12-20(19)23(27)28/h1-11,19-20,26H,12-13H2,(H,27,28). The highest BCUT2D eigenvalue weighted by Crippen LogP contribution is 2.47. The van der Waals surface area contributed by atoms with Crippen LogP contribution in [0, 0.1) is 5.92 Å². The molecule has 4 rings (SSSR count). The average Bonchev–Trinajstić information content (AvgIpc) is 3.51. The lowest BCUT2D eigenvalue weighted by atomic mass is 10.1. The summed E-state index contributed by atoms with van der Waals surface area (Å²) in [6.45, 7) is 0.638. The third kappa shape index (κ3) is 4.84. The molecule has 0 bridgehead atoms. The van der Waals surface area contributed by atoms with Crippen LogP contribution in [0.15, 0.2) is 66.7 Å². The summed E-state index contributed by atoms with van der Waals surface area (Å²) in [7, 11) is 0. The van der Waals surface area contributed by atoms with Crippen molar-refractivity contribution in [3.63, 3.8) is 0 Å². The van der Waals surface area contributed by atoms with Crippen molar-refractivity contribution in [2.75, 3.05) is 5.32 Å². The van der Waals surface area contributed by atoms with Crippen molar-refractivity contribution in [3.8, 4) is 11.5 Å². The maximum absolute atomic E-state index is 11.0. The molecule has 148 valence electrons. The summed E-state index contributed by atoms with van der Waals surface area (Å²) in [4.78, 5) is 11.0. The Morgan fingerprint density at radius 2 is 1.76 bits per heavy atom. The molecule has 1 saturated carbocycles. The summed E-state index contributed by atoms with van der Waals surface area (Å²) in [5, 5.41) is 13.4. The minimum absolute atomic E-state index is 0.150. The van der Waals surface area contributed by atoms with E-state index >= 15 is 0 Å². The maximum atomic E-state index is 11.0. The molecule has 0 aliphatic heterocycles. The van der Waals surface area contributed by atoms with Crippen molar-refractivity contribution < 1.29 is 14.6 Å². The van der Waals surface area contributed by atoms with Crippen molar-refractivity contribution in [2.45, 2.75) is 18.9 Å². The molecule has 2 atom stereocenters. The van der Waals surface area contributed by atoms with Gasteiger partial charge in [0.15, 0.2) is 0 Å². The van der Waals surface area contributed by atoms with E-state index in [9.17, 15) is 4.79 Å². The Balaban J connectivity index is 1.36. The average molecular weight is 428 g/mol. The van der Waals surface area contributed by atoms with Crippen LogP contribution in [0.2, 0.25) is 10.0 Å². The largest absolute Gasteiger partial charge is 0.481 e. The molecule has 2 unspecified atom stereocenters. The summed E-state index contributed by atoms with van der Waals surface area (Å²) < 4.78 is 5.87. The number of hydrogen-bond donors (Lipinski definition) is 2. The molecular weight excluding hydrogens is 409 g/mol. The van der Waals surface area contributed by atoms with Crippen molar-refractivity contribution >= 4 is 34.9 Å². The van der Waals surface area contributed by atoms with Crippen LogP contribution in [-0.2, 0) is 11.3 Å². The van der Waals surface area contributed by atoms with Crippen molar-refractivity contribution in [1.82, 2.24) is 0 Å². The minimum Gasteiger partial charge on any atom is -0.481 e. The maximum Gasteiger partial charge on any atom is 0.307 e. The summed E-state index contributed by atoms with van der Waals surface area (Å²) >= 11 is 12.0. The van der Waals surface area contributed by atoms with Gasteiger partial charge >= 0.3 is 5.97 Å². The number of anilines is 1. The van der Waals surface area contributed by atoms with Crippen LogP contribution >= 0.6 is 23.2 Å². The Hall–Kier alpha value is -2.69. The number of ether oxygens (including phenoxy) is 1. The van der Waals surface area contributed by atoms with Gasteiger partial charge < -0.3 is 15.2 Å². The molecule has 3 aromatic carbocycles. The van der Waals surface area contributed by atoms with Crippen molar-refractivity contribution in [1.29, 1.82) is 0 Å². The first kappa shape index (κ1) is 19.6. The number of nitrogens with one attached hydrogen (secondary N) is 1. The second-order valence-electron chi connectivity index (χ2n) is 7.09. The van der Waals surface area contributed by atoms with Gasteiger partial charge in [-0.05, 0) is 59.9 Å². The molecule has 29 heavy (non-hydrogen) atoms. The first-order valence-corrected chi connectivity index (χ1v) is 10.0. The third-order valence-corrected chi connectivity index (χ3v) is 5.71. The minimum atomic E-state index is -0.708. The SMILES string of the molecule is O=C(O)C1CC1c1ccc(NCc2cccc(Oc3ccc(Cl)c(Cl)c3)c2)cc1. The number of carboxylic acid groups (broad SMARTS) is 1. The van der Waals surface area contributed by atoms with Crippen LogP contribution < -0.4 is 10.1 Å². The van der Waals surface area contributed by atoms with Gasteiger partial charge in [-0.15, -0.1) is 0 Å². The Bertz CT molecular complexity index is 1040. The van der Waals surface area contributed by atoms with E-state index in [0.717, 1.165) is 23.2 Å². The molecule has 0 aromatic heterocycles. The highest BCUT2D eigenvalue weighted by atomic mass is 35.5. The van der Waals surface area contributed by atoms with Gasteiger partial charge in [-0.1, -0.05) is 47.5 Å². The molecule has 1 aliphatic carbocycles. The van der Waals surface area contributed by atoms with E-state index in [2.05, 4.69) is 5.32 Å². The Kier molecular flexibility index (Phi) is 5.65. The zero-order valence-corrected chi connectivity index (χ0v) is 17.0. The normalized spacial score (nSPS) is 17.6. The number of rotatable bonds is 7. The van der Waals surface area contributed by atoms with E-state index in [4.69, 9.17) is 33.0 Å². The second kappa shape index (κ2) is 8.36. The third-order valence-electron chi connectivity index (χ3n) is 4.97. The summed E-state index contributed by atoms with van der Waals surface area (Å²) in [5.41, 5.74) is 3.14. The number of halogens is 2. The van der Waals surface area contributed by atoms with Gasteiger partial charge in [0.05, 0.1) is 16.0 Å². The van der Waals surface area contributed by atoms with E-state index in [-0.39, 0.29) is 11.8 Å². The number of aliphatic carboxylic acids is 1. The molecular formula is C23H19Cl2NO3. The zero-order valence-electron chi connectivity index (χ0n) is 15.4. The number of benzene rings is 3. The molecule has 1 fully saturated rings. The van der Waals surface area contributed by atoms with Gasteiger partial charge in [0, 0.05) is 18.3 Å². The Labute approximate surface area is 179 Å². The van der Waals surface area contributed by atoms with Crippen LogP contribution in [0.25, 0.3) is 0 Å². The van der Waals surface area contributed by atoms with Gasteiger partial charge in [0.2, 0.25) is 0 Å². The molecule has 2 N–H and O–H groups in total. The topological polar surface area (TPSA) is 58.6 Å². The van der Waals surface area contributed by atoms with Crippen LogP contribution in [0.3, 0.4) is 0 Å². The van der Waals surface area contributed by atoms with E-state index in [0.29, 0.717) is 28.1 Å².